The number of hydrogen-bond acceptors (Lipinski definition) is 6. The molecule has 0 radical (unpaired) electrons. The average Bonchev–Trinajstić information content (AvgIpc) is 3.36. The second-order valence-electron chi connectivity index (χ2n) is 6.43. The molecule has 0 aliphatic carbocycles. The van der Waals surface area contributed by atoms with Gasteiger partial charge in [0, 0.05) is 24.5 Å². The molecule has 1 aromatic carbocycles. The van der Waals surface area contributed by atoms with Crippen molar-refractivity contribution in [2.45, 2.75) is 38.1 Å². The number of fused-ring (bicyclic) bond motifs is 2. The summed E-state index contributed by atoms with van der Waals surface area (Å²) < 4.78 is 21.7. The predicted molar refractivity (Wildman–Crippen MR) is 99.7 cm³/mol. The minimum absolute atomic E-state index is 0.00286. The number of esters is 1. The van der Waals surface area contributed by atoms with Gasteiger partial charge in [0.15, 0.2) is 5.78 Å². The van der Waals surface area contributed by atoms with Crippen molar-refractivity contribution in [2.75, 3.05) is 14.2 Å². The van der Waals surface area contributed by atoms with Crippen molar-refractivity contribution >= 4 is 23.4 Å². The van der Waals surface area contributed by atoms with Gasteiger partial charge in [-0.2, -0.15) is 0 Å². The van der Waals surface area contributed by atoms with Crippen LogP contribution in [0.5, 0.6) is 11.5 Å². The fraction of sp³-hybridized carbons (Fsp3) is 0.400. The van der Waals surface area contributed by atoms with E-state index in [1.54, 1.807) is 19.1 Å². The van der Waals surface area contributed by atoms with Crippen LogP contribution in [-0.2, 0) is 20.7 Å². The van der Waals surface area contributed by atoms with E-state index in [0.29, 0.717) is 17.7 Å². The first-order chi connectivity index (χ1) is 12.9. The van der Waals surface area contributed by atoms with Crippen molar-refractivity contribution in [2.24, 2.45) is 0 Å². The number of carbonyl (C=O) groups is 2. The Labute approximate surface area is 162 Å². The summed E-state index contributed by atoms with van der Waals surface area (Å²) in [5.74, 6) is -0.252. The molecule has 3 atom stereocenters. The molecule has 2 heterocycles. The highest BCUT2D eigenvalue weighted by atomic mass is 35.5. The monoisotopic (exact) mass is 392 g/mol. The Morgan fingerprint density at radius 1 is 1.15 bits per heavy atom. The van der Waals surface area contributed by atoms with Gasteiger partial charge in [-0.3, -0.25) is 4.79 Å². The first kappa shape index (κ1) is 19.5. The van der Waals surface area contributed by atoms with E-state index >= 15 is 0 Å². The number of benzene rings is 1. The van der Waals surface area contributed by atoms with Crippen molar-refractivity contribution in [3.05, 3.63) is 46.5 Å². The van der Waals surface area contributed by atoms with Crippen LogP contribution in [0.25, 0.3) is 0 Å². The fourth-order valence-electron chi connectivity index (χ4n) is 3.06. The Kier molecular flexibility index (Phi) is 5.87. The quantitative estimate of drug-likeness (QED) is 0.568. The minimum Gasteiger partial charge on any atom is -0.496 e. The molecule has 0 N–H and O–H groups in total. The fourth-order valence-corrected chi connectivity index (χ4v) is 3.36. The third-order valence-corrected chi connectivity index (χ3v) is 4.89. The Morgan fingerprint density at radius 3 is 2.59 bits per heavy atom. The highest BCUT2D eigenvalue weighted by Gasteiger charge is 2.38. The molecule has 1 saturated heterocycles. The maximum Gasteiger partial charge on any atom is 0.342 e. The summed E-state index contributed by atoms with van der Waals surface area (Å²) in [5.41, 5.74) is 0.457. The molecule has 0 spiro atoms. The van der Waals surface area contributed by atoms with Crippen molar-refractivity contribution < 1.29 is 28.5 Å². The van der Waals surface area contributed by atoms with Gasteiger partial charge < -0.3 is 18.9 Å². The number of carbonyl (C=O) groups excluding carboxylic acids is 2. The topological polar surface area (TPSA) is 74.4 Å². The van der Waals surface area contributed by atoms with Gasteiger partial charge in [-0.05, 0) is 13.0 Å². The number of epoxide rings is 1. The number of ether oxygens (including phenoxy) is 4. The van der Waals surface area contributed by atoms with E-state index in [4.69, 9.17) is 30.5 Å². The smallest absolute Gasteiger partial charge is 0.342 e. The van der Waals surface area contributed by atoms with Crippen LogP contribution in [-0.4, -0.2) is 44.3 Å². The number of methoxy groups -OCH3 is 2. The van der Waals surface area contributed by atoms with E-state index in [0.717, 1.165) is 0 Å². The van der Waals surface area contributed by atoms with Crippen LogP contribution in [0, 0.1) is 0 Å². The Morgan fingerprint density at radius 2 is 1.89 bits per heavy atom. The summed E-state index contributed by atoms with van der Waals surface area (Å²) in [4.78, 5) is 25.2. The van der Waals surface area contributed by atoms with E-state index in [-0.39, 0.29) is 46.9 Å². The lowest BCUT2D eigenvalue weighted by molar-refractivity contribution is -0.114. The lowest BCUT2D eigenvalue weighted by Crippen LogP contribution is -2.20. The van der Waals surface area contributed by atoms with Crippen molar-refractivity contribution in [1.29, 1.82) is 0 Å². The molecule has 1 aromatic rings. The number of rotatable bonds is 2. The summed E-state index contributed by atoms with van der Waals surface area (Å²) in [5, 5.41) is 0.188. The SMILES string of the molecule is COc1cc(OC)c2c(c1Cl)CC(=O)/C=C/C=C\[C@@H]1O[C@@H]1C[C@@H](C)OC2=O. The molecule has 1 fully saturated rings. The molecule has 2 aliphatic rings. The van der Waals surface area contributed by atoms with Gasteiger partial charge in [0.05, 0.1) is 25.3 Å². The van der Waals surface area contributed by atoms with E-state index in [9.17, 15) is 9.59 Å². The van der Waals surface area contributed by atoms with Crippen LogP contribution >= 0.6 is 11.6 Å². The predicted octanol–water partition coefficient (Wildman–Crippen LogP) is 3.30. The summed E-state index contributed by atoms with van der Waals surface area (Å²) in [6.07, 6.45) is 6.84. The Bertz CT molecular complexity index is 813. The van der Waals surface area contributed by atoms with E-state index in [1.807, 2.05) is 6.08 Å². The number of hydrogen-bond donors (Lipinski definition) is 0. The number of allylic oxidation sites excluding steroid dienone is 3. The molecular formula is C20H21ClO6. The third kappa shape index (κ3) is 4.34. The normalized spacial score (nSPS) is 27.5. The van der Waals surface area contributed by atoms with Gasteiger partial charge in [0.25, 0.3) is 0 Å². The highest BCUT2D eigenvalue weighted by Crippen LogP contribution is 2.39. The molecule has 0 saturated carbocycles. The molecule has 0 aromatic heterocycles. The van der Waals surface area contributed by atoms with E-state index in [1.165, 1.54) is 26.4 Å². The highest BCUT2D eigenvalue weighted by molar-refractivity contribution is 6.33. The van der Waals surface area contributed by atoms with Gasteiger partial charge in [-0.1, -0.05) is 29.8 Å². The van der Waals surface area contributed by atoms with Crippen molar-refractivity contribution in [3.8, 4) is 11.5 Å². The molecule has 0 amide bonds. The first-order valence-electron chi connectivity index (χ1n) is 8.62. The zero-order valence-electron chi connectivity index (χ0n) is 15.4. The Balaban J connectivity index is 2.06. The number of ketones is 1. The van der Waals surface area contributed by atoms with Crippen molar-refractivity contribution in [1.82, 2.24) is 0 Å². The van der Waals surface area contributed by atoms with Crippen LogP contribution in [0.3, 0.4) is 0 Å². The van der Waals surface area contributed by atoms with Crippen LogP contribution in [0.15, 0.2) is 30.4 Å². The van der Waals surface area contributed by atoms with E-state index in [2.05, 4.69) is 0 Å². The average molecular weight is 393 g/mol. The second kappa shape index (κ2) is 8.15. The second-order valence-corrected chi connectivity index (χ2v) is 6.80. The molecule has 7 heteroatoms. The molecule has 6 nitrogen and oxygen atoms in total. The Hall–Kier alpha value is -2.31. The van der Waals surface area contributed by atoms with E-state index < -0.39 is 5.97 Å². The summed E-state index contributed by atoms with van der Waals surface area (Å²) >= 11 is 6.41. The molecule has 3 rings (SSSR count). The lowest BCUT2D eigenvalue weighted by atomic mass is 9.99. The molecule has 144 valence electrons. The van der Waals surface area contributed by atoms with Gasteiger partial charge in [0.1, 0.15) is 29.3 Å². The van der Waals surface area contributed by atoms with Crippen molar-refractivity contribution in [3.63, 3.8) is 0 Å². The molecule has 27 heavy (non-hydrogen) atoms. The van der Waals surface area contributed by atoms with Crippen LogP contribution in [0.2, 0.25) is 5.02 Å². The van der Waals surface area contributed by atoms with Gasteiger partial charge in [0.2, 0.25) is 0 Å². The number of halogens is 1. The standard InChI is InChI=1S/C20H21ClO6/c1-11-8-15-14(27-15)7-5-4-6-12(22)9-13-18(20(23)26-11)16(24-2)10-17(25-3)19(13)21/h4-7,10-11,14-15H,8-9H2,1-3H3/b6-4+,7-5-/t11-,14+,15-/m1/s1. The third-order valence-electron chi connectivity index (χ3n) is 4.47. The minimum atomic E-state index is -0.597. The van der Waals surface area contributed by atoms with Gasteiger partial charge >= 0.3 is 5.97 Å². The summed E-state index contributed by atoms with van der Waals surface area (Å²) in [6.45, 7) is 1.80. The lowest BCUT2D eigenvalue weighted by Gasteiger charge is -2.19. The summed E-state index contributed by atoms with van der Waals surface area (Å²) in [6, 6.07) is 1.51. The zero-order valence-corrected chi connectivity index (χ0v) is 16.1. The number of cyclic esters (lactones) is 1. The largest absolute Gasteiger partial charge is 0.496 e. The van der Waals surface area contributed by atoms with Gasteiger partial charge in [-0.15, -0.1) is 0 Å². The zero-order chi connectivity index (χ0) is 19.6. The van der Waals surface area contributed by atoms with Gasteiger partial charge in [-0.25, -0.2) is 4.79 Å². The molecular weight excluding hydrogens is 372 g/mol. The maximum absolute atomic E-state index is 12.9. The molecule has 0 bridgehead atoms. The van der Waals surface area contributed by atoms with Crippen LogP contribution < -0.4 is 9.47 Å². The molecule has 0 unspecified atom stereocenters. The molecule has 2 aliphatic heterocycles. The first-order valence-corrected chi connectivity index (χ1v) is 8.99. The van der Waals surface area contributed by atoms with Crippen LogP contribution in [0.1, 0.15) is 29.3 Å². The summed E-state index contributed by atoms with van der Waals surface area (Å²) in [7, 11) is 2.88. The maximum atomic E-state index is 12.9. The van der Waals surface area contributed by atoms with Crippen LogP contribution in [0.4, 0.5) is 0 Å².